The molecule has 0 spiro atoms. The molecule has 0 amide bonds. The minimum absolute atomic E-state index is 0.256. The van der Waals surface area contributed by atoms with E-state index in [0.717, 1.165) is 5.75 Å². The Morgan fingerprint density at radius 2 is 1.94 bits per heavy atom. The zero-order chi connectivity index (χ0) is 13.8. The molecule has 1 aromatic rings. The van der Waals surface area contributed by atoms with Gasteiger partial charge in [0.25, 0.3) is 0 Å². The van der Waals surface area contributed by atoms with Crippen LogP contribution in [0.4, 0.5) is 0 Å². The van der Waals surface area contributed by atoms with E-state index in [9.17, 15) is 8.42 Å². The van der Waals surface area contributed by atoms with Crippen LogP contribution in [-0.4, -0.2) is 43.3 Å². The maximum atomic E-state index is 12.2. The van der Waals surface area contributed by atoms with Gasteiger partial charge in [-0.05, 0) is 18.4 Å². The minimum Gasteiger partial charge on any atom is -0.389 e. The van der Waals surface area contributed by atoms with E-state index in [0.29, 0.717) is 12.1 Å². The Kier molecular flexibility index (Phi) is 5.58. The lowest BCUT2D eigenvalue weighted by atomic mass is 10.2. The van der Waals surface area contributed by atoms with Crippen molar-refractivity contribution in [2.45, 2.75) is 4.90 Å². The monoisotopic (exact) mass is 304 g/mol. The van der Waals surface area contributed by atoms with Crippen LogP contribution in [0.2, 0.25) is 0 Å². The molecule has 0 saturated heterocycles. The van der Waals surface area contributed by atoms with Gasteiger partial charge in [-0.1, -0.05) is 24.4 Å². The van der Waals surface area contributed by atoms with E-state index in [1.54, 1.807) is 30.9 Å². The van der Waals surface area contributed by atoms with E-state index < -0.39 is 10.0 Å². The SMILES string of the molecule is CSCCN(C)S(=O)(=O)c1ccc(C(N)=S)cc1. The van der Waals surface area contributed by atoms with E-state index in [4.69, 9.17) is 18.0 Å². The summed E-state index contributed by atoms with van der Waals surface area (Å²) >= 11 is 6.43. The predicted octanol–water partition coefficient (Wildman–Crippen LogP) is 1.30. The van der Waals surface area contributed by atoms with Gasteiger partial charge in [0, 0.05) is 24.9 Å². The molecule has 0 aliphatic heterocycles. The van der Waals surface area contributed by atoms with Crippen molar-refractivity contribution in [2.75, 3.05) is 25.6 Å². The van der Waals surface area contributed by atoms with Crippen LogP contribution in [0.1, 0.15) is 5.56 Å². The highest BCUT2D eigenvalue weighted by Gasteiger charge is 2.19. The third-order valence-corrected chi connectivity index (χ3v) is 5.15. The van der Waals surface area contributed by atoms with Crippen LogP contribution in [-0.2, 0) is 10.0 Å². The number of thioether (sulfide) groups is 1. The van der Waals surface area contributed by atoms with Crippen molar-refractivity contribution in [3.8, 4) is 0 Å². The standard InChI is InChI=1S/C11H16N2O2S3/c1-13(7-8-17-2)18(14,15)10-5-3-9(4-6-10)11(12)16/h3-6H,7-8H2,1-2H3,(H2,12,16). The van der Waals surface area contributed by atoms with Crippen LogP contribution in [0.15, 0.2) is 29.2 Å². The van der Waals surface area contributed by atoms with Crippen molar-refractivity contribution >= 4 is 39.0 Å². The van der Waals surface area contributed by atoms with Gasteiger partial charge in [0.1, 0.15) is 4.99 Å². The lowest BCUT2D eigenvalue weighted by Crippen LogP contribution is -2.29. The zero-order valence-corrected chi connectivity index (χ0v) is 12.7. The largest absolute Gasteiger partial charge is 0.389 e. The smallest absolute Gasteiger partial charge is 0.242 e. The van der Waals surface area contributed by atoms with Gasteiger partial charge in [0.15, 0.2) is 0 Å². The summed E-state index contributed by atoms with van der Waals surface area (Å²) in [6, 6.07) is 6.30. The topological polar surface area (TPSA) is 63.4 Å². The number of benzene rings is 1. The molecule has 4 nitrogen and oxygen atoms in total. The van der Waals surface area contributed by atoms with Crippen LogP contribution < -0.4 is 5.73 Å². The Morgan fingerprint density at radius 1 is 1.39 bits per heavy atom. The second-order valence-corrected chi connectivity index (χ2v) is 7.18. The fourth-order valence-electron chi connectivity index (χ4n) is 1.31. The van der Waals surface area contributed by atoms with Gasteiger partial charge in [-0.25, -0.2) is 12.7 Å². The predicted molar refractivity (Wildman–Crippen MR) is 80.5 cm³/mol. The van der Waals surface area contributed by atoms with Crippen molar-refractivity contribution in [1.29, 1.82) is 0 Å². The quantitative estimate of drug-likeness (QED) is 0.803. The van der Waals surface area contributed by atoms with Crippen LogP contribution in [0.5, 0.6) is 0 Å². The fraction of sp³-hybridized carbons (Fsp3) is 0.364. The Bertz CT molecular complexity index is 512. The summed E-state index contributed by atoms with van der Waals surface area (Å²) in [6.07, 6.45) is 1.94. The number of thiocarbonyl (C=S) groups is 1. The highest BCUT2D eigenvalue weighted by Crippen LogP contribution is 2.15. The number of nitrogens with two attached hydrogens (primary N) is 1. The third kappa shape index (κ3) is 3.68. The Labute approximate surface area is 118 Å². The molecular formula is C11H16N2O2S3. The summed E-state index contributed by atoms with van der Waals surface area (Å²) in [4.78, 5) is 0.515. The molecule has 0 aliphatic rings. The summed E-state index contributed by atoms with van der Waals surface area (Å²) in [5, 5.41) is 0. The first-order chi connectivity index (χ1) is 8.39. The fourth-order valence-corrected chi connectivity index (χ4v) is 3.19. The van der Waals surface area contributed by atoms with Gasteiger partial charge in [-0.3, -0.25) is 0 Å². The van der Waals surface area contributed by atoms with Crippen molar-refractivity contribution in [1.82, 2.24) is 4.31 Å². The third-order valence-electron chi connectivity index (χ3n) is 2.46. The van der Waals surface area contributed by atoms with E-state index >= 15 is 0 Å². The molecule has 0 bridgehead atoms. The van der Waals surface area contributed by atoms with E-state index in [2.05, 4.69) is 0 Å². The highest BCUT2D eigenvalue weighted by molar-refractivity contribution is 7.98. The first-order valence-electron chi connectivity index (χ1n) is 5.24. The Balaban J connectivity index is 2.94. The van der Waals surface area contributed by atoms with E-state index in [1.165, 1.54) is 16.4 Å². The van der Waals surface area contributed by atoms with Crippen LogP contribution in [0.3, 0.4) is 0 Å². The lowest BCUT2D eigenvalue weighted by molar-refractivity contribution is 0.488. The van der Waals surface area contributed by atoms with Gasteiger partial charge in [0.05, 0.1) is 4.90 Å². The molecule has 18 heavy (non-hydrogen) atoms. The second-order valence-electron chi connectivity index (χ2n) is 3.71. The number of sulfonamides is 1. The average molecular weight is 304 g/mol. The number of hydrogen-bond acceptors (Lipinski definition) is 4. The first kappa shape index (κ1) is 15.4. The molecule has 1 aromatic carbocycles. The molecule has 0 saturated carbocycles. The summed E-state index contributed by atoms with van der Waals surface area (Å²) in [5.41, 5.74) is 6.13. The van der Waals surface area contributed by atoms with Crippen molar-refractivity contribution in [3.05, 3.63) is 29.8 Å². The molecule has 0 aromatic heterocycles. The zero-order valence-electron chi connectivity index (χ0n) is 10.3. The van der Waals surface area contributed by atoms with E-state index in [1.807, 2.05) is 6.26 Å². The first-order valence-corrected chi connectivity index (χ1v) is 8.49. The average Bonchev–Trinajstić information content (AvgIpc) is 2.35. The van der Waals surface area contributed by atoms with E-state index in [-0.39, 0.29) is 9.88 Å². The summed E-state index contributed by atoms with van der Waals surface area (Å²) in [5.74, 6) is 0.765. The molecule has 0 unspecified atom stereocenters. The highest BCUT2D eigenvalue weighted by atomic mass is 32.2. The lowest BCUT2D eigenvalue weighted by Gasteiger charge is -2.16. The molecule has 1 rings (SSSR count). The molecule has 0 heterocycles. The molecule has 100 valence electrons. The van der Waals surface area contributed by atoms with Crippen molar-refractivity contribution in [3.63, 3.8) is 0 Å². The Hall–Kier alpha value is -0.630. The maximum absolute atomic E-state index is 12.2. The maximum Gasteiger partial charge on any atom is 0.242 e. The van der Waals surface area contributed by atoms with Gasteiger partial charge >= 0.3 is 0 Å². The summed E-state index contributed by atoms with van der Waals surface area (Å²) in [7, 11) is -1.84. The van der Waals surface area contributed by atoms with Crippen molar-refractivity contribution in [2.24, 2.45) is 5.73 Å². The molecule has 7 heteroatoms. The van der Waals surface area contributed by atoms with Gasteiger partial charge in [-0.15, -0.1) is 0 Å². The van der Waals surface area contributed by atoms with Gasteiger partial charge < -0.3 is 5.73 Å². The summed E-state index contributed by atoms with van der Waals surface area (Å²) in [6.45, 7) is 0.487. The van der Waals surface area contributed by atoms with Gasteiger partial charge in [0.2, 0.25) is 10.0 Å². The molecular weight excluding hydrogens is 288 g/mol. The number of nitrogens with zero attached hydrogens (tertiary/aromatic N) is 1. The molecule has 0 radical (unpaired) electrons. The molecule has 2 N–H and O–H groups in total. The Morgan fingerprint density at radius 3 is 2.39 bits per heavy atom. The van der Waals surface area contributed by atoms with Crippen LogP contribution in [0, 0.1) is 0 Å². The summed E-state index contributed by atoms with van der Waals surface area (Å²) < 4.78 is 25.7. The minimum atomic E-state index is -3.42. The van der Waals surface area contributed by atoms with Crippen LogP contribution >= 0.6 is 24.0 Å². The molecule has 0 atom stereocenters. The number of rotatable bonds is 6. The molecule has 0 fully saturated rings. The van der Waals surface area contributed by atoms with Gasteiger partial charge in [-0.2, -0.15) is 11.8 Å². The van der Waals surface area contributed by atoms with Crippen LogP contribution in [0.25, 0.3) is 0 Å². The normalized spacial score (nSPS) is 11.7. The molecule has 0 aliphatic carbocycles. The van der Waals surface area contributed by atoms with Crippen molar-refractivity contribution < 1.29 is 8.42 Å². The second kappa shape index (κ2) is 6.51. The number of hydrogen-bond donors (Lipinski definition) is 1.